The van der Waals surface area contributed by atoms with E-state index in [1.165, 1.54) is 12.8 Å². The van der Waals surface area contributed by atoms with Crippen molar-refractivity contribution >= 4 is 5.91 Å². The molecule has 0 atom stereocenters. The van der Waals surface area contributed by atoms with Crippen molar-refractivity contribution in [3.05, 3.63) is 24.0 Å². The highest BCUT2D eigenvalue weighted by Crippen LogP contribution is 2.18. The Morgan fingerprint density at radius 1 is 1.50 bits per heavy atom. The van der Waals surface area contributed by atoms with Gasteiger partial charge in [0, 0.05) is 25.8 Å². The van der Waals surface area contributed by atoms with Gasteiger partial charge in [-0.1, -0.05) is 0 Å². The Bertz CT molecular complexity index is 355. The third kappa shape index (κ3) is 3.10. The molecule has 1 aromatic rings. The molecular formula is C12H19N3O. The van der Waals surface area contributed by atoms with Crippen LogP contribution in [0.2, 0.25) is 0 Å². The van der Waals surface area contributed by atoms with Crippen LogP contribution in [0.15, 0.2) is 18.3 Å². The van der Waals surface area contributed by atoms with Gasteiger partial charge in [-0.05, 0) is 37.9 Å². The van der Waals surface area contributed by atoms with Gasteiger partial charge in [-0.3, -0.25) is 4.79 Å². The molecule has 1 saturated carbocycles. The predicted molar refractivity (Wildman–Crippen MR) is 63.4 cm³/mol. The summed E-state index contributed by atoms with van der Waals surface area (Å²) in [5.41, 5.74) is 0.718. The van der Waals surface area contributed by atoms with E-state index in [0.29, 0.717) is 0 Å². The lowest BCUT2D eigenvalue weighted by atomic mass is 10.3. The molecule has 0 aliphatic heterocycles. The molecule has 16 heavy (non-hydrogen) atoms. The minimum atomic E-state index is 0.0129. The first-order valence-corrected chi connectivity index (χ1v) is 5.90. The maximum Gasteiger partial charge on any atom is 0.267 e. The van der Waals surface area contributed by atoms with E-state index in [9.17, 15) is 4.79 Å². The van der Waals surface area contributed by atoms with E-state index in [1.807, 2.05) is 29.9 Å². The molecule has 4 heteroatoms. The van der Waals surface area contributed by atoms with Crippen molar-refractivity contribution in [3.63, 3.8) is 0 Å². The summed E-state index contributed by atoms with van der Waals surface area (Å²) in [6.45, 7) is 1.74. The molecule has 1 aliphatic rings. The molecule has 1 amide bonds. The second-order valence-corrected chi connectivity index (χ2v) is 4.34. The molecule has 0 spiro atoms. The smallest absolute Gasteiger partial charge is 0.267 e. The molecule has 88 valence electrons. The highest BCUT2D eigenvalue weighted by atomic mass is 16.1. The Kier molecular flexibility index (Phi) is 3.62. The minimum Gasteiger partial charge on any atom is -0.351 e. The van der Waals surface area contributed by atoms with Crippen LogP contribution in [0.1, 0.15) is 29.8 Å². The van der Waals surface area contributed by atoms with E-state index in [-0.39, 0.29) is 5.91 Å². The van der Waals surface area contributed by atoms with Crippen molar-refractivity contribution in [2.45, 2.75) is 25.3 Å². The largest absolute Gasteiger partial charge is 0.351 e. The van der Waals surface area contributed by atoms with Gasteiger partial charge in [-0.2, -0.15) is 0 Å². The van der Waals surface area contributed by atoms with Crippen LogP contribution >= 0.6 is 0 Å². The molecule has 0 saturated heterocycles. The zero-order valence-corrected chi connectivity index (χ0v) is 9.70. The summed E-state index contributed by atoms with van der Waals surface area (Å²) in [5.74, 6) is 0.0129. The molecule has 0 aromatic carbocycles. The lowest BCUT2D eigenvalue weighted by Crippen LogP contribution is -2.29. The number of nitrogens with one attached hydrogen (secondary N) is 2. The Morgan fingerprint density at radius 2 is 2.31 bits per heavy atom. The van der Waals surface area contributed by atoms with Gasteiger partial charge < -0.3 is 15.2 Å². The number of amides is 1. The average molecular weight is 221 g/mol. The lowest BCUT2D eigenvalue weighted by molar-refractivity contribution is 0.0945. The van der Waals surface area contributed by atoms with Crippen LogP contribution in [0.3, 0.4) is 0 Å². The van der Waals surface area contributed by atoms with E-state index < -0.39 is 0 Å². The molecule has 1 aromatic heterocycles. The molecule has 1 fully saturated rings. The number of aromatic nitrogens is 1. The van der Waals surface area contributed by atoms with Crippen LogP contribution in [-0.2, 0) is 7.05 Å². The van der Waals surface area contributed by atoms with Gasteiger partial charge in [0.15, 0.2) is 0 Å². The first-order valence-electron chi connectivity index (χ1n) is 5.90. The van der Waals surface area contributed by atoms with E-state index in [0.717, 1.165) is 31.2 Å². The summed E-state index contributed by atoms with van der Waals surface area (Å²) in [5, 5.41) is 6.34. The minimum absolute atomic E-state index is 0.0129. The fourth-order valence-corrected chi connectivity index (χ4v) is 1.67. The van der Waals surface area contributed by atoms with E-state index in [2.05, 4.69) is 10.6 Å². The highest BCUT2D eigenvalue weighted by molar-refractivity contribution is 5.92. The quantitative estimate of drug-likeness (QED) is 0.701. The number of rotatable bonds is 6. The average Bonchev–Trinajstić information content (AvgIpc) is 2.99. The SMILES string of the molecule is Cn1cccc1C(=O)NCCCNC1CC1. The number of aryl methyl sites for hydroxylation is 1. The van der Waals surface area contributed by atoms with Crippen molar-refractivity contribution in [2.75, 3.05) is 13.1 Å². The standard InChI is InChI=1S/C12H19N3O/c1-15-9-2-4-11(15)12(16)14-8-3-7-13-10-5-6-10/h2,4,9-10,13H,3,5-8H2,1H3,(H,14,16). The first-order chi connectivity index (χ1) is 7.77. The van der Waals surface area contributed by atoms with E-state index >= 15 is 0 Å². The Balaban J connectivity index is 1.61. The Morgan fingerprint density at radius 3 is 2.94 bits per heavy atom. The topological polar surface area (TPSA) is 46.1 Å². The summed E-state index contributed by atoms with van der Waals surface area (Å²) < 4.78 is 1.83. The van der Waals surface area contributed by atoms with Crippen LogP contribution in [0.4, 0.5) is 0 Å². The molecule has 1 aliphatic carbocycles. The maximum absolute atomic E-state index is 11.7. The number of nitrogens with zero attached hydrogens (tertiary/aromatic N) is 1. The normalized spacial score (nSPS) is 15.1. The summed E-state index contributed by atoms with van der Waals surface area (Å²) >= 11 is 0. The molecule has 2 rings (SSSR count). The second-order valence-electron chi connectivity index (χ2n) is 4.34. The molecular weight excluding hydrogens is 202 g/mol. The van der Waals surface area contributed by atoms with Crippen molar-refractivity contribution < 1.29 is 4.79 Å². The third-order valence-electron chi connectivity index (χ3n) is 2.83. The molecule has 0 unspecified atom stereocenters. The van der Waals surface area contributed by atoms with Crippen LogP contribution in [0, 0.1) is 0 Å². The van der Waals surface area contributed by atoms with Crippen molar-refractivity contribution in [3.8, 4) is 0 Å². The fourth-order valence-electron chi connectivity index (χ4n) is 1.67. The van der Waals surface area contributed by atoms with Gasteiger partial charge in [-0.15, -0.1) is 0 Å². The summed E-state index contributed by atoms with van der Waals surface area (Å²) in [6, 6.07) is 4.46. The molecule has 4 nitrogen and oxygen atoms in total. The summed E-state index contributed by atoms with van der Waals surface area (Å²) in [7, 11) is 1.88. The van der Waals surface area contributed by atoms with Gasteiger partial charge >= 0.3 is 0 Å². The van der Waals surface area contributed by atoms with Gasteiger partial charge in [0.1, 0.15) is 5.69 Å². The van der Waals surface area contributed by atoms with Crippen molar-refractivity contribution in [2.24, 2.45) is 7.05 Å². The van der Waals surface area contributed by atoms with Gasteiger partial charge in [0.2, 0.25) is 0 Å². The number of hydrogen-bond donors (Lipinski definition) is 2. The molecule has 0 bridgehead atoms. The van der Waals surface area contributed by atoms with Crippen molar-refractivity contribution in [1.82, 2.24) is 15.2 Å². The van der Waals surface area contributed by atoms with Gasteiger partial charge in [0.25, 0.3) is 5.91 Å². The molecule has 0 radical (unpaired) electrons. The Labute approximate surface area is 96.0 Å². The number of hydrogen-bond acceptors (Lipinski definition) is 2. The Hall–Kier alpha value is -1.29. The van der Waals surface area contributed by atoms with Crippen LogP contribution in [0.5, 0.6) is 0 Å². The van der Waals surface area contributed by atoms with Gasteiger partial charge in [-0.25, -0.2) is 0 Å². The molecule has 1 heterocycles. The van der Waals surface area contributed by atoms with Crippen molar-refractivity contribution in [1.29, 1.82) is 0 Å². The number of carbonyl (C=O) groups excluding carboxylic acids is 1. The monoisotopic (exact) mass is 221 g/mol. The second kappa shape index (κ2) is 5.16. The summed E-state index contributed by atoms with van der Waals surface area (Å²) in [6.07, 6.45) is 5.50. The van der Waals surface area contributed by atoms with E-state index in [1.54, 1.807) is 0 Å². The zero-order chi connectivity index (χ0) is 11.4. The maximum atomic E-state index is 11.7. The fraction of sp³-hybridized carbons (Fsp3) is 0.583. The highest BCUT2D eigenvalue weighted by Gasteiger charge is 2.19. The summed E-state index contributed by atoms with van der Waals surface area (Å²) in [4.78, 5) is 11.7. The lowest BCUT2D eigenvalue weighted by Gasteiger charge is -2.06. The van der Waals surface area contributed by atoms with E-state index in [4.69, 9.17) is 0 Å². The van der Waals surface area contributed by atoms with Crippen LogP contribution in [0.25, 0.3) is 0 Å². The third-order valence-corrected chi connectivity index (χ3v) is 2.83. The van der Waals surface area contributed by atoms with Crippen LogP contribution < -0.4 is 10.6 Å². The number of carbonyl (C=O) groups is 1. The predicted octanol–water partition coefficient (Wildman–Crippen LogP) is 0.897. The van der Waals surface area contributed by atoms with Crippen LogP contribution in [-0.4, -0.2) is 29.6 Å². The zero-order valence-electron chi connectivity index (χ0n) is 9.70. The first kappa shape index (κ1) is 11.2. The molecule has 2 N–H and O–H groups in total. The van der Waals surface area contributed by atoms with Gasteiger partial charge in [0.05, 0.1) is 0 Å².